The zero-order valence-corrected chi connectivity index (χ0v) is 15.2. The SMILES string of the molecule is CN(C)C(=O)c1cccc(Nc2nc3[nH]c(C(=O)O)cc3c3ccncc23)c1. The van der Waals surface area contributed by atoms with E-state index in [1.54, 1.807) is 50.8 Å². The zero-order valence-electron chi connectivity index (χ0n) is 15.2. The summed E-state index contributed by atoms with van der Waals surface area (Å²) in [4.78, 5) is 36.6. The van der Waals surface area contributed by atoms with Crippen molar-refractivity contribution in [1.29, 1.82) is 0 Å². The molecule has 8 heteroatoms. The summed E-state index contributed by atoms with van der Waals surface area (Å²) in [6, 6.07) is 10.5. The maximum absolute atomic E-state index is 12.2. The van der Waals surface area contributed by atoms with Gasteiger partial charge in [-0.05, 0) is 35.7 Å². The molecule has 140 valence electrons. The molecule has 4 aromatic rings. The second-order valence-electron chi connectivity index (χ2n) is 6.54. The predicted molar refractivity (Wildman–Crippen MR) is 106 cm³/mol. The maximum Gasteiger partial charge on any atom is 0.352 e. The molecule has 0 bridgehead atoms. The van der Waals surface area contributed by atoms with Gasteiger partial charge in [-0.15, -0.1) is 0 Å². The number of rotatable bonds is 4. The number of aromatic amines is 1. The Morgan fingerprint density at radius 1 is 1.11 bits per heavy atom. The monoisotopic (exact) mass is 375 g/mol. The van der Waals surface area contributed by atoms with Crippen LogP contribution in [0, 0.1) is 0 Å². The van der Waals surface area contributed by atoms with Crippen LogP contribution < -0.4 is 5.32 Å². The van der Waals surface area contributed by atoms with Crippen LogP contribution in [0.4, 0.5) is 11.5 Å². The number of carbonyl (C=O) groups is 2. The third-order valence-electron chi connectivity index (χ3n) is 4.40. The lowest BCUT2D eigenvalue weighted by atomic mass is 10.1. The maximum atomic E-state index is 12.2. The van der Waals surface area contributed by atoms with Crippen LogP contribution in [0.5, 0.6) is 0 Å². The minimum absolute atomic E-state index is 0.0661. The van der Waals surface area contributed by atoms with Gasteiger partial charge in [0, 0.05) is 48.5 Å². The number of carboxylic acid groups (broad SMARTS) is 1. The summed E-state index contributed by atoms with van der Waals surface area (Å²) < 4.78 is 0. The second kappa shape index (κ2) is 6.66. The molecule has 3 aromatic heterocycles. The third kappa shape index (κ3) is 3.01. The Labute approximate surface area is 159 Å². The van der Waals surface area contributed by atoms with Crippen molar-refractivity contribution in [3.8, 4) is 0 Å². The minimum atomic E-state index is -1.05. The molecule has 8 nitrogen and oxygen atoms in total. The number of nitrogens with zero attached hydrogens (tertiary/aromatic N) is 3. The number of H-pyrrole nitrogens is 1. The molecule has 0 unspecified atom stereocenters. The van der Waals surface area contributed by atoms with Crippen LogP contribution in [0.2, 0.25) is 0 Å². The van der Waals surface area contributed by atoms with Gasteiger partial charge in [0.25, 0.3) is 5.91 Å². The van der Waals surface area contributed by atoms with Gasteiger partial charge in [0.05, 0.1) is 0 Å². The van der Waals surface area contributed by atoms with E-state index in [2.05, 4.69) is 20.3 Å². The molecule has 0 radical (unpaired) electrons. The largest absolute Gasteiger partial charge is 0.477 e. The number of hydrogen-bond donors (Lipinski definition) is 3. The van der Waals surface area contributed by atoms with Crippen LogP contribution in [0.3, 0.4) is 0 Å². The van der Waals surface area contributed by atoms with E-state index in [1.165, 1.54) is 4.90 Å². The number of pyridine rings is 2. The molecule has 0 aliphatic rings. The number of carbonyl (C=O) groups excluding carboxylic acids is 1. The summed E-state index contributed by atoms with van der Waals surface area (Å²) in [5.41, 5.74) is 1.76. The van der Waals surface area contributed by atoms with Gasteiger partial charge in [-0.1, -0.05) is 6.07 Å². The summed E-state index contributed by atoms with van der Waals surface area (Å²) in [6.07, 6.45) is 3.32. The molecule has 0 aliphatic carbocycles. The van der Waals surface area contributed by atoms with Gasteiger partial charge in [0.15, 0.2) is 0 Å². The number of amides is 1. The fraction of sp³-hybridized carbons (Fsp3) is 0.100. The average molecular weight is 375 g/mol. The molecule has 0 aliphatic heterocycles. The molecule has 3 heterocycles. The summed E-state index contributed by atoms with van der Waals surface area (Å²) >= 11 is 0. The molecule has 0 fully saturated rings. The Bertz CT molecular complexity index is 1230. The van der Waals surface area contributed by atoms with Crippen molar-refractivity contribution >= 4 is 45.2 Å². The van der Waals surface area contributed by atoms with Crippen LogP contribution >= 0.6 is 0 Å². The van der Waals surface area contributed by atoms with Gasteiger partial charge in [-0.25, -0.2) is 9.78 Å². The average Bonchev–Trinajstić information content (AvgIpc) is 3.12. The van der Waals surface area contributed by atoms with Gasteiger partial charge in [-0.2, -0.15) is 0 Å². The number of aromatic carboxylic acids is 1. The fourth-order valence-corrected chi connectivity index (χ4v) is 3.06. The van der Waals surface area contributed by atoms with Gasteiger partial charge >= 0.3 is 5.97 Å². The molecule has 0 spiro atoms. The molecular formula is C20H17N5O3. The van der Waals surface area contributed by atoms with Crippen LogP contribution in [0.25, 0.3) is 21.8 Å². The van der Waals surface area contributed by atoms with Crippen molar-refractivity contribution in [3.05, 3.63) is 60.0 Å². The van der Waals surface area contributed by atoms with E-state index in [0.717, 1.165) is 10.8 Å². The van der Waals surface area contributed by atoms with E-state index in [0.29, 0.717) is 28.1 Å². The first-order chi connectivity index (χ1) is 13.4. The summed E-state index contributed by atoms with van der Waals surface area (Å²) in [7, 11) is 3.39. The number of aromatic nitrogens is 3. The van der Waals surface area contributed by atoms with Crippen LogP contribution in [-0.4, -0.2) is 50.9 Å². The highest BCUT2D eigenvalue weighted by atomic mass is 16.4. The zero-order chi connectivity index (χ0) is 19.8. The van der Waals surface area contributed by atoms with E-state index in [-0.39, 0.29) is 11.6 Å². The lowest BCUT2D eigenvalue weighted by molar-refractivity contribution is 0.0691. The van der Waals surface area contributed by atoms with Crippen LogP contribution in [0.1, 0.15) is 20.8 Å². The van der Waals surface area contributed by atoms with E-state index < -0.39 is 5.97 Å². The topological polar surface area (TPSA) is 111 Å². The van der Waals surface area contributed by atoms with Crippen molar-refractivity contribution in [2.24, 2.45) is 0 Å². The first-order valence-corrected chi connectivity index (χ1v) is 8.52. The number of carboxylic acids is 1. The molecule has 0 atom stereocenters. The molecule has 1 aromatic carbocycles. The van der Waals surface area contributed by atoms with Crippen LogP contribution in [-0.2, 0) is 0 Å². The number of fused-ring (bicyclic) bond motifs is 3. The first kappa shape index (κ1) is 17.5. The van der Waals surface area contributed by atoms with Crippen molar-refractivity contribution in [3.63, 3.8) is 0 Å². The number of anilines is 2. The second-order valence-corrected chi connectivity index (χ2v) is 6.54. The van der Waals surface area contributed by atoms with Crippen molar-refractivity contribution in [2.75, 3.05) is 19.4 Å². The fourth-order valence-electron chi connectivity index (χ4n) is 3.06. The lowest BCUT2D eigenvalue weighted by Gasteiger charge is -2.13. The van der Waals surface area contributed by atoms with Crippen molar-refractivity contribution in [2.45, 2.75) is 0 Å². The highest BCUT2D eigenvalue weighted by Gasteiger charge is 2.15. The smallest absolute Gasteiger partial charge is 0.352 e. The van der Waals surface area contributed by atoms with E-state index in [1.807, 2.05) is 12.1 Å². The Kier molecular flexibility index (Phi) is 4.15. The van der Waals surface area contributed by atoms with Crippen molar-refractivity contribution in [1.82, 2.24) is 19.9 Å². The third-order valence-corrected chi connectivity index (χ3v) is 4.40. The molecule has 0 saturated heterocycles. The Hall–Kier alpha value is -3.94. The number of benzene rings is 1. The Morgan fingerprint density at radius 3 is 2.68 bits per heavy atom. The van der Waals surface area contributed by atoms with Crippen molar-refractivity contribution < 1.29 is 14.7 Å². The molecular weight excluding hydrogens is 358 g/mol. The highest BCUT2D eigenvalue weighted by molar-refractivity contribution is 6.11. The minimum Gasteiger partial charge on any atom is -0.477 e. The molecule has 3 N–H and O–H groups in total. The molecule has 4 rings (SSSR count). The van der Waals surface area contributed by atoms with Gasteiger partial charge in [-0.3, -0.25) is 9.78 Å². The quantitative estimate of drug-likeness (QED) is 0.505. The molecule has 1 amide bonds. The first-order valence-electron chi connectivity index (χ1n) is 8.52. The molecule has 28 heavy (non-hydrogen) atoms. The van der Waals surface area contributed by atoms with E-state index in [4.69, 9.17) is 0 Å². The highest BCUT2D eigenvalue weighted by Crippen LogP contribution is 2.31. The van der Waals surface area contributed by atoms with Gasteiger partial charge in [0.1, 0.15) is 17.2 Å². The lowest BCUT2D eigenvalue weighted by Crippen LogP contribution is -2.21. The van der Waals surface area contributed by atoms with E-state index in [9.17, 15) is 14.7 Å². The Morgan fingerprint density at radius 2 is 1.93 bits per heavy atom. The number of nitrogens with one attached hydrogen (secondary N) is 2. The van der Waals surface area contributed by atoms with Gasteiger partial charge < -0.3 is 20.3 Å². The van der Waals surface area contributed by atoms with Gasteiger partial charge in [0.2, 0.25) is 0 Å². The normalized spacial score (nSPS) is 10.9. The summed E-state index contributed by atoms with van der Waals surface area (Å²) in [6.45, 7) is 0. The summed E-state index contributed by atoms with van der Waals surface area (Å²) in [5, 5.41) is 14.8. The van der Waals surface area contributed by atoms with E-state index >= 15 is 0 Å². The number of hydrogen-bond acceptors (Lipinski definition) is 5. The Balaban J connectivity index is 1.83. The molecule has 0 saturated carbocycles. The van der Waals surface area contributed by atoms with Crippen LogP contribution in [0.15, 0.2) is 48.8 Å². The standard InChI is InChI=1S/C20H17N5O3/c1-25(2)19(26)11-4-3-5-12(8-11)22-18-15-10-21-7-6-13(15)14-9-16(20(27)28)23-17(14)24-18/h3-10H,1-2H3,(H,27,28)(H2,22,23,24). The summed E-state index contributed by atoms with van der Waals surface area (Å²) in [5.74, 6) is -0.637. The predicted octanol–water partition coefficient (Wildman–Crippen LogP) is 3.25.